The molecule has 1 aromatic heterocycles. The summed E-state index contributed by atoms with van der Waals surface area (Å²) in [5, 5.41) is 8.08. The fourth-order valence-electron chi connectivity index (χ4n) is 3.30. The summed E-state index contributed by atoms with van der Waals surface area (Å²) in [4.78, 5) is 14.4. The van der Waals surface area contributed by atoms with Crippen molar-refractivity contribution in [2.24, 2.45) is 11.3 Å². The van der Waals surface area contributed by atoms with Gasteiger partial charge in [-0.15, -0.1) is 10.2 Å². The Bertz CT molecular complexity index is 480. The first-order valence-corrected chi connectivity index (χ1v) is 7.15. The van der Waals surface area contributed by atoms with Crippen LogP contribution in [0.3, 0.4) is 0 Å². The van der Waals surface area contributed by atoms with Gasteiger partial charge in [-0.1, -0.05) is 13.8 Å². The molecular weight excluding hydrogens is 240 g/mol. The van der Waals surface area contributed by atoms with Gasteiger partial charge >= 0.3 is 0 Å². The highest BCUT2D eigenvalue weighted by Gasteiger charge is 2.35. The Morgan fingerprint density at radius 3 is 3.11 bits per heavy atom. The normalized spacial score (nSPS) is 27.3. The number of Topliss-reactive ketones (excluding diaryl/α,β-unsaturated/α-hetero) is 1. The zero-order valence-electron chi connectivity index (χ0n) is 11.8. The predicted molar refractivity (Wildman–Crippen MR) is 71.4 cm³/mol. The Morgan fingerprint density at radius 1 is 1.42 bits per heavy atom. The molecule has 1 unspecified atom stereocenters. The lowest BCUT2D eigenvalue weighted by molar-refractivity contribution is -0.128. The second-order valence-corrected chi connectivity index (χ2v) is 6.71. The van der Waals surface area contributed by atoms with Gasteiger partial charge in [0.1, 0.15) is 17.9 Å². The van der Waals surface area contributed by atoms with Crippen LogP contribution in [0.15, 0.2) is 6.33 Å². The SMILES string of the molecule is CC1(C)CCC(=O)C(CN2CCn3cnnc3C2)C1. The van der Waals surface area contributed by atoms with Crippen molar-refractivity contribution in [1.82, 2.24) is 19.7 Å². The summed E-state index contributed by atoms with van der Waals surface area (Å²) in [6.07, 6.45) is 4.61. The quantitative estimate of drug-likeness (QED) is 0.810. The monoisotopic (exact) mass is 262 g/mol. The second kappa shape index (κ2) is 4.71. The third kappa shape index (κ3) is 2.71. The molecule has 5 nitrogen and oxygen atoms in total. The molecule has 0 N–H and O–H groups in total. The first-order chi connectivity index (χ1) is 9.03. The van der Waals surface area contributed by atoms with E-state index in [9.17, 15) is 4.79 Å². The maximum absolute atomic E-state index is 12.1. The summed E-state index contributed by atoms with van der Waals surface area (Å²) >= 11 is 0. The smallest absolute Gasteiger partial charge is 0.147 e. The van der Waals surface area contributed by atoms with Gasteiger partial charge in [0, 0.05) is 32.0 Å². The summed E-state index contributed by atoms with van der Waals surface area (Å²) in [5.41, 5.74) is 0.314. The van der Waals surface area contributed by atoms with Crippen LogP contribution in [-0.2, 0) is 17.9 Å². The average molecular weight is 262 g/mol. The van der Waals surface area contributed by atoms with Crippen molar-refractivity contribution in [1.29, 1.82) is 0 Å². The van der Waals surface area contributed by atoms with Crippen LogP contribution in [0.5, 0.6) is 0 Å². The lowest BCUT2D eigenvalue weighted by atomic mass is 9.71. The van der Waals surface area contributed by atoms with Gasteiger partial charge in [0.2, 0.25) is 0 Å². The van der Waals surface area contributed by atoms with E-state index in [1.807, 2.05) is 0 Å². The lowest BCUT2D eigenvalue weighted by Crippen LogP contribution is -2.42. The molecule has 0 radical (unpaired) electrons. The Morgan fingerprint density at radius 2 is 2.26 bits per heavy atom. The van der Waals surface area contributed by atoms with Crippen molar-refractivity contribution in [2.45, 2.75) is 46.2 Å². The van der Waals surface area contributed by atoms with Crippen LogP contribution in [0.4, 0.5) is 0 Å². The van der Waals surface area contributed by atoms with E-state index >= 15 is 0 Å². The molecule has 0 spiro atoms. The number of hydrogen-bond donors (Lipinski definition) is 0. The van der Waals surface area contributed by atoms with E-state index in [2.05, 4.69) is 33.5 Å². The minimum Gasteiger partial charge on any atom is -0.315 e. The van der Waals surface area contributed by atoms with E-state index in [0.29, 0.717) is 11.2 Å². The van der Waals surface area contributed by atoms with Gasteiger partial charge < -0.3 is 4.57 Å². The maximum atomic E-state index is 12.1. The summed E-state index contributed by atoms with van der Waals surface area (Å²) in [6.45, 7) is 8.19. The van der Waals surface area contributed by atoms with E-state index in [-0.39, 0.29) is 5.92 Å². The highest BCUT2D eigenvalue weighted by molar-refractivity contribution is 5.82. The van der Waals surface area contributed by atoms with E-state index in [4.69, 9.17) is 0 Å². The summed E-state index contributed by atoms with van der Waals surface area (Å²) < 4.78 is 2.10. The average Bonchev–Trinajstić information content (AvgIpc) is 2.81. The van der Waals surface area contributed by atoms with Crippen LogP contribution in [0, 0.1) is 11.3 Å². The number of carbonyl (C=O) groups excluding carboxylic acids is 1. The molecule has 3 rings (SSSR count). The molecule has 0 saturated heterocycles. The molecule has 1 saturated carbocycles. The van der Waals surface area contributed by atoms with Gasteiger partial charge in [-0.3, -0.25) is 9.69 Å². The van der Waals surface area contributed by atoms with E-state index in [1.165, 1.54) is 0 Å². The lowest BCUT2D eigenvalue weighted by Gasteiger charge is -2.37. The zero-order chi connectivity index (χ0) is 13.5. The summed E-state index contributed by atoms with van der Waals surface area (Å²) in [6, 6.07) is 0. The molecular formula is C14H22N4O. The molecule has 2 heterocycles. The third-order valence-electron chi connectivity index (χ3n) is 4.50. The number of rotatable bonds is 2. The fraction of sp³-hybridized carbons (Fsp3) is 0.786. The van der Waals surface area contributed by atoms with Crippen molar-refractivity contribution >= 4 is 5.78 Å². The van der Waals surface area contributed by atoms with Crippen LogP contribution in [0.2, 0.25) is 0 Å². The standard InChI is InChI=1S/C14H22N4O/c1-14(2)4-3-12(19)11(7-14)8-17-5-6-18-10-15-16-13(18)9-17/h10-11H,3-9H2,1-2H3. The molecule has 1 aliphatic heterocycles. The van der Waals surface area contributed by atoms with Crippen molar-refractivity contribution in [3.63, 3.8) is 0 Å². The molecule has 5 heteroatoms. The summed E-state index contributed by atoms with van der Waals surface area (Å²) in [5.74, 6) is 1.68. The molecule has 1 atom stereocenters. The van der Waals surface area contributed by atoms with Crippen molar-refractivity contribution in [3.8, 4) is 0 Å². The van der Waals surface area contributed by atoms with E-state index in [1.54, 1.807) is 6.33 Å². The fourth-order valence-corrected chi connectivity index (χ4v) is 3.30. The first-order valence-electron chi connectivity index (χ1n) is 7.15. The van der Waals surface area contributed by atoms with Gasteiger partial charge in [-0.05, 0) is 18.3 Å². The second-order valence-electron chi connectivity index (χ2n) is 6.71. The molecule has 104 valence electrons. The molecule has 0 aromatic carbocycles. The van der Waals surface area contributed by atoms with E-state index < -0.39 is 0 Å². The number of hydrogen-bond acceptors (Lipinski definition) is 4. The Hall–Kier alpha value is -1.23. The molecule has 2 aliphatic rings. The van der Waals surface area contributed by atoms with Crippen molar-refractivity contribution in [2.75, 3.05) is 13.1 Å². The molecule has 1 fully saturated rings. The minimum absolute atomic E-state index is 0.207. The summed E-state index contributed by atoms with van der Waals surface area (Å²) in [7, 11) is 0. The largest absolute Gasteiger partial charge is 0.315 e. The molecule has 1 aliphatic carbocycles. The molecule has 19 heavy (non-hydrogen) atoms. The Kier molecular flexibility index (Phi) is 3.17. The molecule has 0 amide bonds. The highest BCUT2D eigenvalue weighted by atomic mass is 16.1. The Labute approximate surface area is 114 Å². The van der Waals surface area contributed by atoms with Gasteiger partial charge in [-0.2, -0.15) is 0 Å². The minimum atomic E-state index is 0.207. The number of nitrogens with zero attached hydrogens (tertiary/aromatic N) is 4. The van der Waals surface area contributed by atoms with Gasteiger partial charge in [0.15, 0.2) is 0 Å². The molecule has 1 aromatic rings. The van der Waals surface area contributed by atoms with Crippen LogP contribution < -0.4 is 0 Å². The van der Waals surface area contributed by atoms with Crippen LogP contribution in [0.1, 0.15) is 38.9 Å². The first kappa shape index (κ1) is 12.8. The molecule has 0 bridgehead atoms. The number of fused-ring (bicyclic) bond motifs is 1. The predicted octanol–water partition coefficient (Wildman–Crippen LogP) is 1.49. The zero-order valence-corrected chi connectivity index (χ0v) is 11.8. The van der Waals surface area contributed by atoms with Crippen molar-refractivity contribution < 1.29 is 4.79 Å². The number of aromatic nitrogens is 3. The third-order valence-corrected chi connectivity index (χ3v) is 4.50. The highest BCUT2D eigenvalue weighted by Crippen LogP contribution is 2.37. The van der Waals surface area contributed by atoms with Crippen LogP contribution in [-0.4, -0.2) is 38.5 Å². The number of ketones is 1. The van der Waals surface area contributed by atoms with Crippen LogP contribution >= 0.6 is 0 Å². The Balaban J connectivity index is 1.64. The van der Waals surface area contributed by atoms with E-state index in [0.717, 1.165) is 51.3 Å². The number of carbonyl (C=O) groups is 1. The van der Waals surface area contributed by atoms with Gasteiger partial charge in [0.05, 0.1) is 6.54 Å². The maximum Gasteiger partial charge on any atom is 0.147 e. The van der Waals surface area contributed by atoms with Gasteiger partial charge in [-0.25, -0.2) is 0 Å². The van der Waals surface area contributed by atoms with Gasteiger partial charge in [0.25, 0.3) is 0 Å². The van der Waals surface area contributed by atoms with Crippen LogP contribution in [0.25, 0.3) is 0 Å². The topological polar surface area (TPSA) is 51.0 Å². The van der Waals surface area contributed by atoms with Crippen molar-refractivity contribution in [3.05, 3.63) is 12.2 Å².